The van der Waals surface area contributed by atoms with Crippen LogP contribution in [0.4, 0.5) is 5.69 Å². The van der Waals surface area contributed by atoms with Gasteiger partial charge in [0.15, 0.2) is 0 Å². The smallest absolute Gasteiger partial charge is 0.255 e. The highest BCUT2D eigenvalue weighted by atomic mass is 35.5. The van der Waals surface area contributed by atoms with Gasteiger partial charge >= 0.3 is 0 Å². The molecule has 172 valence electrons. The van der Waals surface area contributed by atoms with Crippen LogP contribution in [0.3, 0.4) is 0 Å². The number of hydrogen-bond donors (Lipinski definition) is 2. The summed E-state index contributed by atoms with van der Waals surface area (Å²) in [6, 6.07) is 12.3. The van der Waals surface area contributed by atoms with Gasteiger partial charge < -0.3 is 15.4 Å². The lowest BCUT2D eigenvalue weighted by Gasteiger charge is -2.23. The normalized spacial score (nSPS) is 14.1. The molecular formula is C26H33ClN2O3. The molecule has 3 rings (SSSR count). The van der Waals surface area contributed by atoms with Crippen LogP contribution in [0.25, 0.3) is 0 Å². The first-order valence-corrected chi connectivity index (χ1v) is 12.1. The fraction of sp³-hybridized carbons (Fsp3) is 0.462. The number of ether oxygens (including phenoxy) is 1. The molecule has 2 amide bonds. The Labute approximate surface area is 195 Å². The third-order valence-electron chi connectivity index (χ3n) is 5.79. The van der Waals surface area contributed by atoms with E-state index in [0.29, 0.717) is 28.4 Å². The topological polar surface area (TPSA) is 67.4 Å². The molecule has 0 saturated heterocycles. The number of nitrogens with one attached hydrogen (secondary N) is 2. The van der Waals surface area contributed by atoms with E-state index in [1.807, 2.05) is 0 Å². The molecule has 1 saturated carbocycles. The molecule has 2 N–H and O–H groups in total. The number of carbonyl (C=O) groups is 2. The lowest BCUT2D eigenvalue weighted by molar-refractivity contribution is 0.0926. The number of anilines is 1. The first-order chi connectivity index (χ1) is 15.6. The van der Waals surface area contributed by atoms with E-state index in [1.54, 1.807) is 42.5 Å². The summed E-state index contributed by atoms with van der Waals surface area (Å²) in [5.74, 6) is 0.310. The SMILES string of the molecule is CCCCCCOc1ccc(C(=O)Nc2ccc(Cl)c(C(=O)NC3CCCCC3)c2)cc1. The second-order valence-electron chi connectivity index (χ2n) is 8.39. The standard InChI is InChI=1S/C26H33ClN2O3/c1-2-3-4-8-17-32-22-14-11-19(12-15-22)25(30)29-21-13-16-24(27)23(18-21)26(31)28-20-9-6-5-7-10-20/h11-16,18,20H,2-10,17H2,1H3,(H,28,31)(H,29,30). The average Bonchev–Trinajstić information content (AvgIpc) is 2.81. The van der Waals surface area contributed by atoms with E-state index in [1.165, 1.54) is 25.7 Å². The summed E-state index contributed by atoms with van der Waals surface area (Å²) < 4.78 is 5.73. The summed E-state index contributed by atoms with van der Waals surface area (Å²) >= 11 is 6.26. The molecule has 0 unspecified atom stereocenters. The molecule has 1 aliphatic rings. The first-order valence-electron chi connectivity index (χ1n) is 11.7. The van der Waals surface area contributed by atoms with Crippen LogP contribution < -0.4 is 15.4 Å². The molecule has 0 aromatic heterocycles. The highest BCUT2D eigenvalue weighted by molar-refractivity contribution is 6.34. The molecule has 1 fully saturated rings. The van der Waals surface area contributed by atoms with Gasteiger partial charge in [0.05, 0.1) is 17.2 Å². The summed E-state index contributed by atoms with van der Waals surface area (Å²) in [4.78, 5) is 25.4. The van der Waals surface area contributed by atoms with Crippen LogP contribution >= 0.6 is 11.6 Å². The van der Waals surface area contributed by atoms with Gasteiger partial charge in [0.2, 0.25) is 0 Å². The van der Waals surface area contributed by atoms with Crippen LogP contribution in [-0.4, -0.2) is 24.5 Å². The Kier molecular flexibility index (Phi) is 9.42. The molecule has 0 heterocycles. The highest BCUT2D eigenvalue weighted by Gasteiger charge is 2.19. The number of carbonyl (C=O) groups excluding carboxylic acids is 2. The summed E-state index contributed by atoms with van der Waals surface area (Å²) in [5, 5.41) is 6.30. The maximum atomic E-state index is 12.7. The van der Waals surface area contributed by atoms with Crippen LogP contribution in [0.5, 0.6) is 5.75 Å². The van der Waals surface area contributed by atoms with Gasteiger partial charge in [0.1, 0.15) is 5.75 Å². The van der Waals surface area contributed by atoms with E-state index < -0.39 is 0 Å². The zero-order chi connectivity index (χ0) is 22.8. The Morgan fingerprint density at radius 1 is 0.969 bits per heavy atom. The number of amides is 2. The van der Waals surface area contributed by atoms with Crippen LogP contribution in [0, 0.1) is 0 Å². The predicted octanol–water partition coefficient (Wildman–Crippen LogP) is 6.61. The highest BCUT2D eigenvalue weighted by Crippen LogP contribution is 2.23. The molecule has 5 nitrogen and oxygen atoms in total. The van der Waals surface area contributed by atoms with Crippen molar-refractivity contribution in [2.24, 2.45) is 0 Å². The summed E-state index contributed by atoms with van der Waals surface area (Å²) in [6.07, 6.45) is 10.1. The molecule has 6 heteroatoms. The van der Waals surface area contributed by atoms with Crippen molar-refractivity contribution in [3.63, 3.8) is 0 Å². The molecule has 0 atom stereocenters. The Morgan fingerprint density at radius 3 is 2.44 bits per heavy atom. The minimum Gasteiger partial charge on any atom is -0.494 e. The molecule has 0 bridgehead atoms. The summed E-state index contributed by atoms with van der Waals surface area (Å²) in [7, 11) is 0. The van der Waals surface area contributed by atoms with E-state index in [2.05, 4.69) is 17.6 Å². The van der Waals surface area contributed by atoms with Gasteiger partial charge in [0.25, 0.3) is 11.8 Å². The quantitative estimate of drug-likeness (QED) is 0.395. The summed E-state index contributed by atoms with van der Waals surface area (Å²) in [6.45, 7) is 2.86. The van der Waals surface area contributed by atoms with E-state index in [0.717, 1.165) is 37.9 Å². The van der Waals surface area contributed by atoms with Gasteiger partial charge in [-0.05, 0) is 61.7 Å². The second-order valence-corrected chi connectivity index (χ2v) is 8.80. The Bertz CT molecular complexity index is 892. The van der Waals surface area contributed by atoms with Crippen molar-refractivity contribution < 1.29 is 14.3 Å². The van der Waals surface area contributed by atoms with E-state index >= 15 is 0 Å². The fourth-order valence-electron chi connectivity index (χ4n) is 3.91. The Morgan fingerprint density at radius 2 is 1.72 bits per heavy atom. The molecule has 32 heavy (non-hydrogen) atoms. The monoisotopic (exact) mass is 456 g/mol. The second kappa shape index (κ2) is 12.5. The Hall–Kier alpha value is -2.53. The van der Waals surface area contributed by atoms with Crippen LogP contribution in [0.1, 0.15) is 85.4 Å². The largest absolute Gasteiger partial charge is 0.494 e. The van der Waals surface area contributed by atoms with E-state index in [4.69, 9.17) is 16.3 Å². The van der Waals surface area contributed by atoms with Crippen molar-refractivity contribution in [2.75, 3.05) is 11.9 Å². The van der Waals surface area contributed by atoms with Crippen molar-refractivity contribution in [3.05, 3.63) is 58.6 Å². The molecule has 2 aromatic rings. The number of benzene rings is 2. The zero-order valence-corrected chi connectivity index (χ0v) is 19.5. The number of halogens is 1. The van der Waals surface area contributed by atoms with Crippen molar-refractivity contribution >= 4 is 29.1 Å². The van der Waals surface area contributed by atoms with E-state index in [-0.39, 0.29) is 17.9 Å². The maximum absolute atomic E-state index is 12.7. The molecule has 0 spiro atoms. The van der Waals surface area contributed by atoms with Gasteiger partial charge in [-0.15, -0.1) is 0 Å². The average molecular weight is 457 g/mol. The third-order valence-corrected chi connectivity index (χ3v) is 6.12. The minimum absolute atomic E-state index is 0.193. The Balaban J connectivity index is 1.56. The minimum atomic E-state index is -0.250. The summed E-state index contributed by atoms with van der Waals surface area (Å²) in [5.41, 5.74) is 1.43. The number of unbranched alkanes of at least 4 members (excludes halogenated alkanes) is 3. The van der Waals surface area contributed by atoms with Crippen LogP contribution in [0.15, 0.2) is 42.5 Å². The molecule has 0 radical (unpaired) electrons. The number of hydrogen-bond acceptors (Lipinski definition) is 3. The molecule has 1 aliphatic carbocycles. The van der Waals surface area contributed by atoms with Gasteiger partial charge in [0, 0.05) is 17.3 Å². The van der Waals surface area contributed by atoms with Crippen LogP contribution in [-0.2, 0) is 0 Å². The maximum Gasteiger partial charge on any atom is 0.255 e. The lowest BCUT2D eigenvalue weighted by Crippen LogP contribution is -2.36. The first kappa shape index (κ1) is 24.1. The molecule has 0 aliphatic heterocycles. The van der Waals surface area contributed by atoms with Gasteiger partial charge in [-0.1, -0.05) is 57.0 Å². The number of rotatable bonds is 10. The van der Waals surface area contributed by atoms with Gasteiger partial charge in [-0.2, -0.15) is 0 Å². The molecular weight excluding hydrogens is 424 g/mol. The van der Waals surface area contributed by atoms with Crippen molar-refractivity contribution in [1.29, 1.82) is 0 Å². The van der Waals surface area contributed by atoms with Crippen molar-refractivity contribution in [3.8, 4) is 5.75 Å². The van der Waals surface area contributed by atoms with Gasteiger partial charge in [-0.25, -0.2) is 0 Å². The fourth-order valence-corrected chi connectivity index (χ4v) is 4.12. The van der Waals surface area contributed by atoms with Gasteiger partial charge in [-0.3, -0.25) is 9.59 Å². The van der Waals surface area contributed by atoms with Crippen LogP contribution in [0.2, 0.25) is 5.02 Å². The van der Waals surface area contributed by atoms with Crippen molar-refractivity contribution in [1.82, 2.24) is 5.32 Å². The third kappa shape index (κ3) is 7.27. The molecule has 2 aromatic carbocycles. The van der Waals surface area contributed by atoms with Crippen molar-refractivity contribution in [2.45, 2.75) is 70.8 Å². The van der Waals surface area contributed by atoms with E-state index in [9.17, 15) is 9.59 Å². The zero-order valence-electron chi connectivity index (χ0n) is 18.8. The predicted molar refractivity (Wildman–Crippen MR) is 130 cm³/mol. The lowest BCUT2D eigenvalue weighted by atomic mass is 9.95.